The average molecular weight is 444 g/mol. The van der Waals surface area contributed by atoms with Gasteiger partial charge in [-0.15, -0.1) is 0 Å². The maximum Gasteiger partial charge on any atom is 0.262 e. The molecule has 158 valence electrons. The highest BCUT2D eigenvalue weighted by atomic mass is 35.5. The lowest BCUT2D eigenvalue weighted by atomic mass is 10.0. The van der Waals surface area contributed by atoms with Crippen molar-refractivity contribution < 1.29 is 4.79 Å². The zero-order valence-electron chi connectivity index (χ0n) is 17.0. The maximum absolute atomic E-state index is 12.6. The van der Waals surface area contributed by atoms with Crippen LogP contribution in [0, 0.1) is 4.77 Å². The summed E-state index contributed by atoms with van der Waals surface area (Å²) in [7, 11) is 0. The standard InChI is InChI=1S/C23H26ClN3O2S/c1-2-19(16-11-13-17(24)14-12-16)25-21(28)10-4-3-7-15-27-22(29)18-8-5-6-9-20(18)26-23(27)30/h5-6,8-9,11-14,19H,2-4,7,10,15H2,1H3,(H,25,28)(H,26,30). The van der Waals surface area contributed by atoms with Crippen LogP contribution in [0.25, 0.3) is 10.9 Å². The summed E-state index contributed by atoms with van der Waals surface area (Å²) < 4.78 is 2.04. The number of halogens is 1. The fourth-order valence-corrected chi connectivity index (χ4v) is 3.93. The molecule has 1 aromatic heterocycles. The zero-order valence-corrected chi connectivity index (χ0v) is 18.6. The van der Waals surface area contributed by atoms with Crippen molar-refractivity contribution >= 4 is 40.6 Å². The van der Waals surface area contributed by atoms with E-state index in [4.69, 9.17) is 23.8 Å². The number of aromatic nitrogens is 2. The Bertz CT molecular complexity index is 1120. The summed E-state index contributed by atoms with van der Waals surface area (Å²) in [4.78, 5) is 28.1. The number of nitrogens with one attached hydrogen (secondary N) is 2. The van der Waals surface area contributed by atoms with Crippen LogP contribution in [0.3, 0.4) is 0 Å². The average Bonchev–Trinajstić information content (AvgIpc) is 2.74. The van der Waals surface area contributed by atoms with Crippen LogP contribution >= 0.6 is 23.8 Å². The third kappa shape index (κ3) is 5.58. The summed E-state index contributed by atoms with van der Waals surface area (Å²) in [5.74, 6) is 0.0389. The molecule has 0 bridgehead atoms. The Balaban J connectivity index is 1.48. The Hall–Kier alpha value is -2.44. The smallest absolute Gasteiger partial charge is 0.262 e. The molecule has 3 aromatic rings. The SMILES string of the molecule is CCC(NC(=O)CCCCCn1c(=S)[nH]c2ccccc2c1=O)c1ccc(Cl)cc1. The number of hydrogen-bond acceptors (Lipinski definition) is 3. The van der Waals surface area contributed by atoms with Crippen LogP contribution in [0.15, 0.2) is 53.3 Å². The molecule has 7 heteroatoms. The highest BCUT2D eigenvalue weighted by Gasteiger charge is 2.12. The van der Waals surface area contributed by atoms with Gasteiger partial charge in [0, 0.05) is 18.0 Å². The molecule has 2 aromatic carbocycles. The summed E-state index contributed by atoms with van der Waals surface area (Å²) in [6, 6.07) is 14.9. The first-order chi connectivity index (χ1) is 14.5. The molecule has 0 aliphatic rings. The van der Waals surface area contributed by atoms with Crippen molar-refractivity contribution in [2.24, 2.45) is 0 Å². The van der Waals surface area contributed by atoms with Gasteiger partial charge >= 0.3 is 0 Å². The van der Waals surface area contributed by atoms with E-state index in [2.05, 4.69) is 10.3 Å². The number of carbonyl (C=O) groups is 1. The second-order valence-corrected chi connectivity index (χ2v) is 8.15. The van der Waals surface area contributed by atoms with Gasteiger partial charge in [0.15, 0.2) is 4.77 Å². The van der Waals surface area contributed by atoms with Crippen molar-refractivity contribution in [3.63, 3.8) is 0 Å². The van der Waals surface area contributed by atoms with Crippen LogP contribution in [-0.2, 0) is 11.3 Å². The molecule has 0 spiro atoms. The van der Waals surface area contributed by atoms with Crippen LogP contribution in [-0.4, -0.2) is 15.5 Å². The molecule has 30 heavy (non-hydrogen) atoms. The summed E-state index contributed by atoms with van der Waals surface area (Å²) >= 11 is 11.3. The molecule has 0 saturated carbocycles. The third-order valence-electron chi connectivity index (χ3n) is 5.19. The Morgan fingerprint density at radius 3 is 2.60 bits per heavy atom. The second kappa shape index (κ2) is 10.5. The number of nitrogens with zero attached hydrogens (tertiary/aromatic N) is 1. The van der Waals surface area contributed by atoms with Crippen molar-refractivity contribution in [3.05, 3.63) is 74.2 Å². The first kappa shape index (κ1) is 22.2. The number of hydrogen-bond donors (Lipinski definition) is 2. The lowest BCUT2D eigenvalue weighted by Gasteiger charge is -2.17. The minimum Gasteiger partial charge on any atom is -0.349 e. The fraction of sp³-hybridized carbons (Fsp3) is 0.348. The second-order valence-electron chi connectivity index (χ2n) is 7.32. The van der Waals surface area contributed by atoms with E-state index in [0.29, 0.717) is 28.1 Å². The number of para-hydroxylation sites is 1. The minimum absolute atomic E-state index is 0.00995. The Morgan fingerprint density at radius 2 is 1.87 bits per heavy atom. The van der Waals surface area contributed by atoms with E-state index in [0.717, 1.165) is 36.8 Å². The predicted octanol–water partition coefficient (Wildman–Crippen LogP) is 5.54. The van der Waals surface area contributed by atoms with Crippen molar-refractivity contribution in [2.75, 3.05) is 0 Å². The van der Waals surface area contributed by atoms with Gasteiger partial charge < -0.3 is 10.3 Å². The van der Waals surface area contributed by atoms with Gasteiger partial charge in [-0.05, 0) is 61.3 Å². The minimum atomic E-state index is -0.0687. The van der Waals surface area contributed by atoms with Gasteiger partial charge in [-0.25, -0.2) is 0 Å². The Morgan fingerprint density at radius 1 is 1.13 bits per heavy atom. The number of fused-ring (bicyclic) bond motifs is 1. The third-order valence-corrected chi connectivity index (χ3v) is 5.77. The van der Waals surface area contributed by atoms with E-state index in [-0.39, 0.29) is 17.5 Å². The van der Waals surface area contributed by atoms with Gasteiger partial charge in [0.2, 0.25) is 5.91 Å². The molecule has 1 heterocycles. The van der Waals surface area contributed by atoms with Gasteiger partial charge in [0.1, 0.15) is 0 Å². The molecular formula is C23H26ClN3O2S. The van der Waals surface area contributed by atoms with Crippen molar-refractivity contribution in [1.29, 1.82) is 0 Å². The maximum atomic E-state index is 12.6. The van der Waals surface area contributed by atoms with E-state index in [9.17, 15) is 9.59 Å². The number of benzene rings is 2. The zero-order chi connectivity index (χ0) is 21.5. The summed E-state index contributed by atoms with van der Waals surface area (Å²) in [6.45, 7) is 2.59. The van der Waals surface area contributed by atoms with Gasteiger partial charge in [-0.3, -0.25) is 14.2 Å². The van der Waals surface area contributed by atoms with Gasteiger partial charge in [-0.1, -0.05) is 49.2 Å². The number of unbranched alkanes of at least 4 members (excludes halogenated alkanes) is 2. The predicted molar refractivity (Wildman–Crippen MR) is 124 cm³/mol. The molecule has 1 amide bonds. The number of rotatable bonds is 9. The number of carbonyl (C=O) groups excluding carboxylic acids is 1. The lowest BCUT2D eigenvalue weighted by molar-refractivity contribution is -0.122. The molecule has 0 saturated heterocycles. The Labute approximate surface area is 186 Å². The van der Waals surface area contributed by atoms with E-state index in [1.165, 1.54) is 0 Å². The summed E-state index contributed by atoms with van der Waals surface area (Å²) in [6.07, 6.45) is 3.68. The molecule has 1 atom stereocenters. The molecule has 0 fully saturated rings. The molecule has 5 nitrogen and oxygen atoms in total. The summed E-state index contributed by atoms with van der Waals surface area (Å²) in [5, 5.41) is 4.41. The van der Waals surface area contributed by atoms with Crippen molar-refractivity contribution in [2.45, 2.75) is 51.6 Å². The van der Waals surface area contributed by atoms with E-state index < -0.39 is 0 Å². The van der Waals surface area contributed by atoms with Gasteiger partial charge in [0.05, 0.1) is 16.9 Å². The fourth-order valence-electron chi connectivity index (χ4n) is 3.52. The quantitative estimate of drug-likeness (QED) is 0.337. The Kier molecular flexibility index (Phi) is 7.82. The molecule has 0 aliphatic carbocycles. The normalized spacial score (nSPS) is 12.1. The number of amides is 1. The monoisotopic (exact) mass is 443 g/mol. The molecular weight excluding hydrogens is 418 g/mol. The van der Waals surface area contributed by atoms with Crippen LogP contribution in [0.1, 0.15) is 50.6 Å². The summed E-state index contributed by atoms with van der Waals surface area (Å²) in [5.41, 5.74) is 1.74. The topological polar surface area (TPSA) is 66.9 Å². The van der Waals surface area contributed by atoms with Gasteiger partial charge in [0.25, 0.3) is 5.56 Å². The molecule has 2 N–H and O–H groups in total. The molecule has 0 radical (unpaired) electrons. The number of H-pyrrole nitrogens is 1. The van der Waals surface area contributed by atoms with E-state index in [1.807, 2.05) is 49.4 Å². The van der Waals surface area contributed by atoms with Crippen LogP contribution < -0.4 is 10.9 Å². The molecule has 3 rings (SSSR count). The largest absolute Gasteiger partial charge is 0.349 e. The van der Waals surface area contributed by atoms with Gasteiger partial charge in [-0.2, -0.15) is 0 Å². The first-order valence-electron chi connectivity index (χ1n) is 10.3. The van der Waals surface area contributed by atoms with Crippen LogP contribution in [0.5, 0.6) is 0 Å². The van der Waals surface area contributed by atoms with Crippen molar-refractivity contribution in [3.8, 4) is 0 Å². The number of aromatic amines is 1. The van der Waals surface area contributed by atoms with Crippen LogP contribution in [0.2, 0.25) is 5.02 Å². The van der Waals surface area contributed by atoms with Crippen molar-refractivity contribution in [1.82, 2.24) is 14.9 Å². The lowest BCUT2D eigenvalue weighted by Crippen LogP contribution is -2.27. The highest BCUT2D eigenvalue weighted by molar-refractivity contribution is 7.71. The molecule has 0 aliphatic heterocycles. The van der Waals surface area contributed by atoms with E-state index >= 15 is 0 Å². The highest BCUT2D eigenvalue weighted by Crippen LogP contribution is 2.19. The van der Waals surface area contributed by atoms with Crippen LogP contribution in [0.4, 0.5) is 0 Å². The molecule has 1 unspecified atom stereocenters. The van der Waals surface area contributed by atoms with E-state index in [1.54, 1.807) is 10.6 Å². The first-order valence-corrected chi connectivity index (χ1v) is 11.0.